The number of rotatable bonds is 3. The lowest BCUT2D eigenvalue weighted by Crippen LogP contribution is -2.46. The average Bonchev–Trinajstić information content (AvgIpc) is 2.50. The predicted molar refractivity (Wildman–Crippen MR) is 77.9 cm³/mol. The maximum Gasteiger partial charge on any atom is 0.341 e. The normalized spacial score (nSPS) is 16.4. The molecule has 114 valence electrons. The quantitative estimate of drug-likeness (QED) is 0.663. The van der Waals surface area contributed by atoms with E-state index < -0.39 is 12.1 Å². The van der Waals surface area contributed by atoms with Crippen LogP contribution in [0.3, 0.4) is 0 Å². The average molecular weight is 292 g/mol. The summed E-state index contributed by atoms with van der Waals surface area (Å²) >= 11 is 0. The first-order valence-corrected chi connectivity index (χ1v) is 6.93. The van der Waals surface area contributed by atoms with Gasteiger partial charge in [0.2, 0.25) is 0 Å². The maximum absolute atomic E-state index is 12.2. The van der Waals surface area contributed by atoms with Crippen LogP contribution in [0.25, 0.3) is 0 Å². The molecule has 6 heteroatoms. The van der Waals surface area contributed by atoms with Gasteiger partial charge in [-0.3, -0.25) is 4.79 Å². The number of amides is 1. The summed E-state index contributed by atoms with van der Waals surface area (Å²) < 4.78 is 10.4. The molecule has 0 aromatic heterocycles. The topological polar surface area (TPSA) is 81.9 Å². The van der Waals surface area contributed by atoms with E-state index in [4.69, 9.17) is 15.2 Å². The molecule has 2 N–H and O–H groups in total. The Morgan fingerprint density at radius 2 is 2.00 bits per heavy atom. The zero-order valence-electron chi connectivity index (χ0n) is 12.3. The summed E-state index contributed by atoms with van der Waals surface area (Å²) in [6.45, 7) is 5.45. The molecule has 0 spiro atoms. The number of nitrogens with zero attached hydrogens (tertiary/aromatic N) is 1. The van der Waals surface area contributed by atoms with Gasteiger partial charge in [-0.1, -0.05) is 12.1 Å². The van der Waals surface area contributed by atoms with E-state index in [1.807, 2.05) is 13.0 Å². The molecule has 0 aliphatic carbocycles. The highest BCUT2D eigenvalue weighted by atomic mass is 16.5. The standard InChI is InChI=1S/C15H20N2O4/c1-10-4-3-5-12(13(10)16)15(19)21-11(2)14(18)17-6-8-20-9-7-17/h3-5,11H,6-9,16H2,1-2H3. The SMILES string of the molecule is Cc1cccc(C(=O)OC(C)C(=O)N2CCOCC2)c1N. The molecule has 1 fully saturated rings. The number of benzene rings is 1. The molecule has 1 unspecified atom stereocenters. The smallest absolute Gasteiger partial charge is 0.341 e. The largest absolute Gasteiger partial charge is 0.449 e. The number of carbonyl (C=O) groups is 2. The summed E-state index contributed by atoms with van der Waals surface area (Å²) in [4.78, 5) is 25.9. The summed E-state index contributed by atoms with van der Waals surface area (Å²) in [5.41, 5.74) is 7.34. The minimum Gasteiger partial charge on any atom is -0.449 e. The third-order valence-electron chi connectivity index (χ3n) is 3.50. The number of morpholine rings is 1. The number of para-hydroxylation sites is 1. The van der Waals surface area contributed by atoms with E-state index in [0.717, 1.165) is 5.56 Å². The van der Waals surface area contributed by atoms with Gasteiger partial charge in [0.15, 0.2) is 6.10 Å². The lowest BCUT2D eigenvalue weighted by atomic mass is 10.1. The predicted octanol–water partition coefficient (Wildman–Crippen LogP) is 0.981. The number of esters is 1. The van der Waals surface area contributed by atoms with E-state index in [1.54, 1.807) is 24.0 Å². The van der Waals surface area contributed by atoms with E-state index in [2.05, 4.69) is 0 Å². The number of nitrogen functional groups attached to an aromatic ring is 1. The lowest BCUT2D eigenvalue weighted by Gasteiger charge is -2.29. The zero-order valence-corrected chi connectivity index (χ0v) is 12.3. The fourth-order valence-electron chi connectivity index (χ4n) is 2.17. The van der Waals surface area contributed by atoms with Gasteiger partial charge in [0.25, 0.3) is 5.91 Å². The van der Waals surface area contributed by atoms with Crippen molar-refractivity contribution in [1.82, 2.24) is 4.90 Å². The number of hydrogen-bond donors (Lipinski definition) is 1. The van der Waals surface area contributed by atoms with Crippen molar-refractivity contribution in [2.24, 2.45) is 0 Å². The number of anilines is 1. The molecule has 0 radical (unpaired) electrons. The van der Waals surface area contributed by atoms with Crippen LogP contribution in [0.1, 0.15) is 22.8 Å². The lowest BCUT2D eigenvalue weighted by molar-refractivity contribution is -0.143. The van der Waals surface area contributed by atoms with Gasteiger partial charge in [0.05, 0.1) is 18.8 Å². The highest BCUT2D eigenvalue weighted by Gasteiger charge is 2.26. The Balaban J connectivity index is 2.01. The minimum absolute atomic E-state index is 0.210. The van der Waals surface area contributed by atoms with Crippen LogP contribution in [0.4, 0.5) is 5.69 Å². The van der Waals surface area contributed by atoms with Crippen LogP contribution < -0.4 is 5.73 Å². The second-order valence-electron chi connectivity index (χ2n) is 5.02. The van der Waals surface area contributed by atoms with Gasteiger partial charge < -0.3 is 20.1 Å². The Hall–Kier alpha value is -2.08. The Morgan fingerprint density at radius 1 is 1.33 bits per heavy atom. The van der Waals surface area contributed by atoms with Crippen LogP contribution in [0.15, 0.2) is 18.2 Å². The molecule has 1 aliphatic heterocycles. The van der Waals surface area contributed by atoms with Gasteiger partial charge in [-0.25, -0.2) is 4.79 Å². The molecule has 1 amide bonds. The van der Waals surface area contributed by atoms with Crippen LogP contribution >= 0.6 is 0 Å². The zero-order chi connectivity index (χ0) is 15.4. The number of ether oxygens (including phenoxy) is 2. The van der Waals surface area contributed by atoms with Crippen molar-refractivity contribution in [3.8, 4) is 0 Å². The molecular weight excluding hydrogens is 272 g/mol. The molecule has 2 rings (SSSR count). The van der Waals surface area contributed by atoms with E-state index in [0.29, 0.717) is 32.0 Å². The van der Waals surface area contributed by atoms with Gasteiger partial charge in [-0.2, -0.15) is 0 Å². The van der Waals surface area contributed by atoms with Gasteiger partial charge in [0.1, 0.15) is 0 Å². The maximum atomic E-state index is 12.2. The summed E-state index contributed by atoms with van der Waals surface area (Å²) in [7, 11) is 0. The van der Waals surface area contributed by atoms with Gasteiger partial charge in [0, 0.05) is 18.8 Å². The molecule has 21 heavy (non-hydrogen) atoms. The third kappa shape index (κ3) is 3.52. The van der Waals surface area contributed by atoms with Crippen molar-refractivity contribution in [1.29, 1.82) is 0 Å². The Morgan fingerprint density at radius 3 is 2.67 bits per heavy atom. The van der Waals surface area contributed by atoms with E-state index in [-0.39, 0.29) is 11.5 Å². The van der Waals surface area contributed by atoms with Crippen molar-refractivity contribution in [2.45, 2.75) is 20.0 Å². The van der Waals surface area contributed by atoms with E-state index in [9.17, 15) is 9.59 Å². The Labute approximate surface area is 123 Å². The minimum atomic E-state index is -0.837. The van der Waals surface area contributed by atoms with Gasteiger partial charge >= 0.3 is 5.97 Å². The van der Waals surface area contributed by atoms with Crippen LogP contribution in [0.5, 0.6) is 0 Å². The van der Waals surface area contributed by atoms with E-state index in [1.165, 1.54) is 0 Å². The first-order valence-electron chi connectivity index (χ1n) is 6.93. The first-order chi connectivity index (χ1) is 10.0. The molecule has 1 heterocycles. The van der Waals surface area contributed by atoms with Crippen LogP contribution in [0.2, 0.25) is 0 Å². The van der Waals surface area contributed by atoms with Crippen molar-refractivity contribution < 1.29 is 19.1 Å². The van der Waals surface area contributed by atoms with Crippen molar-refractivity contribution in [2.75, 3.05) is 32.0 Å². The molecular formula is C15H20N2O4. The summed E-state index contributed by atoms with van der Waals surface area (Å²) in [6.07, 6.45) is -0.837. The molecule has 0 bridgehead atoms. The molecule has 1 aliphatic rings. The molecule has 1 saturated heterocycles. The van der Waals surface area contributed by atoms with Crippen molar-refractivity contribution >= 4 is 17.6 Å². The molecule has 1 aromatic rings. The molecule has 6 nitrogen and oxygen atoms in total. The van der Waals surface area contributed by atoms with E-state index >= 15 is 0 Å². The van der Waals surface area contributed by atoms with Crippen LogP contribution in [0, 0.1) is 6.92 Å². The number of nitrogens with two attached hydrogens (primary N) is 1. The second-order valence-corrected chi connectivity index (χ2v) is 5.02. The van der Waals surface area contributed by atoms with Gasteiger partial charge in [-0.05, 0) is 25.5 Å². The number of aryl methyl sites for hydroxylation is 1. The Bertz CT molecular complexity index is 538. The van der Waals surface area contributed by atoms with Crippen LogP contribution in [-0.4, -0.2) is 49.2 Å². The van der Waals surface area contributed by atoms with Gasteiger partial charge in [-0.15, -0.1) is 0 Å². The van der Waals surface area contributed by atoms with Crippen molar-refractivity contribution in [3.63, 3.8) is 0 Å². The second kappa shape index (κ2) is 6.58. The third-order valence-corrected chi connectivity index (χ3v) is 3.50. The number of hydrogen-bond acceptors (Lipinski definition) is 5. The fourth-order valence-corrected chi connectivity index (χ4v) is 2.17. The Kier molecular flexibility index (Phi) is 4.80. The monoisotopic (exact) mass is 292 g/mol. The highest BCUT2D eigenvalue weighted by Crippen LogP contribution is 2.18. The first kappa shape index (κ1) is 15.3. The van der Waals surface area contributed by atoms with Crippen molar-refractivity contribution in [3.05, 3.63) is 29.3 Å². The summed E-state index contributed by atoms with van der Waals surface area (Å²) in [5.74, 6) is -0.789. The fraction of sp³-hybridized carbons (Fsp3) is 0.467. The van der Waals surface area contributed by atoms with Crippen LogP contribution in [-0.2, 0) is 14.3 Å². The number of carbonyl (C=O) groups excluding carboxylic acids is 2. The highest BCUT2D eigenvalue weighted by molar-refractivity contribution is 5.97. The molecule has 0 saturated carbocycles. The summed E-state index contributed by atoms with van der Waals surface area (Å²) in [5, 5.41) is 0. The molecule has 1 aromatic carbocycles. The summed E-state index contributed by atoms with van der Waals surface area (Å²) in [6, 6.07) is 5.14. The molecule has 1 atom stereocenters.